The molecule has 0 radical (unpaired) electrons. The summed E-state index contributed by atoms with van der Waals surface area (Å²) in [6.45, 7) is 2.52. The first-order valence-electron chi connectivity index (χ1n) is 4.85. The van der Waals surface area contributed by atoms with E-state index in [2.05, 4.69) is 15.3 Å². The number of aromatic amines is 1. The van der Waals surface area contributed by atoms with Crippen LogP contribution in [0.25, 0.3) is 0 Å². The molecule has 2 rings (SSSR count). The van der Waals surface area contributed by atoms with Crippen LogP contribution < -0.4 is 5.32 Å². The number of aromatic nitrogens is 2. The van der Waals surface area contributed by atoms with Crippen molar-refractivity contribution in [1.29, 1.82) is 0 Å². The quantitative estimate of drug-likeness (QED) is 0.880. The lowest BCUT2D eigenvalue weighted by atomic mass is 10.3. The van der Waals surface area contributed by atoms with Gasteiger partial charge in [-0.15, -0.1) is 0 Å². The zero-order valence-electron chi connectivity index (χ0n) is 8.72. The third kappa shape index (κ3) is 2.49. The summed E-state index contributed by atoms with van der Waals surface area (Å²) in [7, 11) is 0. The van der Waals surface area contributed by atoms with Crippen molar-refractivity contribution in [3.05, 3.63) is 46.0 Å². The summed E-state index contributed by atoms with van der Waals surface area (Å²) in [5.74, 6) is 0.891. The second kappa shape index (κ2) is 4.76. The van der Waals surface area contributed by atoms with E-state index >= 15 is 0 Å². The van der Waals surface area contributed by atoms with Crippen LogP contribution in [0.1, 0.15) is 11.5 Å². The molecule has 16 heavy (non-hydrogen) atoms. The van der Waals surface area contributed by atoms with Crippen molar-refractivity contribution in [1.82, 2.24) is 9.97 Å². The zero-order valence-corrected chi connectivity index (χ0v) is 10.2. The number of rotatable bonds is 3. The summed E-state index contributed by atoms with van der Waals surface area (Å²) in [6.07, 6.45) is 1.78. The first-order valence-corrected chi connectivity index (χ1v) is 5.61. The van der Waals surface area contributed by atoms with Crippen molar-refractivity contribution in [3.8, 4) is 0 Å². The minimum Gasteiger partial charge on any atom is -0.377 e. The highest BCUT2D eigenvalue weighted by Gasteiger charge is 2.05. The summed E-state index contributed by atoms with van der Waals surface area (Å²) in [6, 6.07) is 5.41. The van der Waals surface area contributed by atoms with E-state index in [1.54, 1.807) is 18.3 Å². The van der Waals surface area contributed by atoms with Gasteiger partial charge in [-0.05, 0) is 19.1 Å². The molecule has 0 atom stereocenters. The van der Waals surface area contributed by atoms with E-state index in [4.69, 9.17) is 23.2 Å². The number of anilines is 1. The molecule has 0 bridgehead atoms. The third-order valence-electron chi connectivity index (χ3n) is 2.17. The van der Waals surface area contributed by atoms with Gasteiger partial charge in [-0.1, -0.05) is 29.3 Å². The maximum Gasteiger partial charge on any atom is 0.103 e. The molecule has 0 amide bonds. The van der Waals surface area contributed by atoms with Crippen LogP contribution in [0.15, 0.2) is 24.4 Å². The van der Waals surface area contributed by atoms with Crippen LogP contribution in [0.3, 0.4) is 0 Å². The van der Waals surface area contributed by atoms with Crippen LogP contribution in [0.2, 0.25) is 10.0 Å². The van der Waals surface area contributed by atoms with Crippen molar-refractivity contribution >= 4 is 28.9 Å². The lowest BCUT2D eigenvalue weighted by molar-refractivity contribution is 1.05. The minimum atomic E-state index is 0.615. The van der Waals surface area contributed by atoms with E-state index in [0.717, 1.165) is 17.2 Å². The van der Waals surface area contributed by atoms with Gasteiger partial charge in [0.1, 0.15) is 5.82 Å². The molecular weight excluding hydrogens is 245 g/mol. The number of benzene rings is 1. The van der Waals surface area contributed by atoms with Crippen LogP contribution in [0.5, 0.6) is 0 Å². The molecule has 0 aliphatic heterocycles. The molecule has 2 aromatic rings. The van der Waals surface area contributed by atoms with Crippen LogP contribution in [-0.4, -0.2) is 9.97 Å². The standard InChI is InChI=1S/C11H11Cl2N3/c1-7-14-5-8(16-7)6-15-11-9(12)3-2-4-10(11)13/h2-5,15H,6H2,1H3,(H,14,16). The Bertz CT molecular complexity index is 473. The number of nitrogens with one attached hydrogen (secondary N) is 2. The Morgan fingerprint density at radius 1 is 1.31 bits per heavy atom. The molecule has 0 fully saturated rings. The molecule has 3 nitrogen and oxygen atoms in total. The molecule has 0 aliphatic rings. The van der Waals surface area contributed by atoms with E-state index in [9.17, 15) is 0 Å². The van der Waals surface area contributed by atoms with E-state index < -0.39 is 0 Å². The predicted molar refractivity (Wildman–Crippen MR) is 67.1 cm³/mol. The van der Waals surface area contributed by atoms with Crippen molar-refractivity contribution in [2.45, 2.75) is 13.5 Å². The van der Waals surface area contributed by atoms with Crippen molar-refractivity contribution in [3.63, 3.8) is 0 Å². The summed E-state index contributed by atoms with van der Waals surface area (Å²) in [5, 5.41) is 4.40. The normalized spacial score (nSPS) is 10.4. The summed E-state index contributed by atoms with van der Waals surface area (Å²) in [5.41, 5.74) is 1.74. The maximum absolute atomic E-state index is 6.03. The predicted octanol–water partition coefficient (Wildman–Crippen LogP) is 3.64. The second-order valence-electron chi connectivity index (χ2n) is 3.44. The number of imidazole rings is 1. The first kappa shape index (κ1) is 11.3. The Morgan fingerprint density at radius 2 is 2.00 bits per heavy atom. The Balaban J connectivity index is 2.10. The molecular formula is C11H11Cl2N3. The third-order valence-corrected chi connectivity index (χ3v) is 2.80. The summed E-state index contributed by atoms with van der Waals surface area (Å²) < 4.78 is 0. The monoisotopic (exact) mass is 255 g/mol. The molecule has 84 valence electrons. The average molecular weight is 256 g/mol. The Hall–Kier alpha value is -1.19. The molecule has 5 heteroatoms. The van der Waals surface area contributed by atoms with E-state index in [0.29, 0.717) is 16.6 Å². The number of hydrogen-bond acceptors (Lipinski definition) is 2. The van der Waals surface area contributed by atoms with Crippen molar-refractivity contribution < 1.29 is 0 Å². The SMILES string of the molecule is Cc1ncc(CNc2c(Cl)cccc2Cl)[nH]1. The Labute approximate surface area is 104 Å². The van der Waals surface area contributed by atoms with Gasteiger partial charge in [0, 0.05) is 0 Å². The van der Waals surface area contributed by atoms with E-state index in [-0.39, 0.29) is 0 Å². The van der Waals surface area contributed by atoms with Crippen LogP contribution in [-0.2, 0) is 6.54 Å². The van der Waals surface area contributed by atoms with Crippen LogP contribution in [0, 0.1) is 6.92 Å². The highest BCUT2D eigenvalue weighted by Crippen LogP contribution is 2.29. The van der Waals surface area contributed by atoms with Crippen LogP contribution >= 0.6 is 23.2 Å². The molecule has 1 aromatic heterocycles. The fourth-order valence-electron chi connectivity index (χ4n) is 1.41. The Morgan fingerprint density at radius 3 is 2.56 bits per heavy atom. The number of hydrogen-bond donors (Lipinski definition) is 2. The molecule has 0 unspecified atom stereocenters. The van der Waals surface area contributed by atoms with Gasteiger partial charge >= 0.3 is 0 Å². The van der Waals surface area contributed by atoms with Crippen LogP contribution in [0.4, 0.5) is 5.69 Å². The van der Waals surface area contributed by atoms with Gasteiger partial charge in [0.2, 0.25) is 0 Å². The summed E-state index contributed by atoms with van der Waals surface area (Å²) in [4.78, 5) is 7.24. The number of halogens is 2. The molecule has 0 saturated heterocycles. The number of aryl methyl sites for hydroxylation is 1. The molecule has 0 saturated carbocycles. The van der Waals surface area contributed by atoms with E-state index in [1.807, 2.05) is 13.0 Å². The fourth-order valence-corrected chi connectivity index (χ4v) is 1.94. The number of nitrogens with zero attached hydrogens (tertiary/aromatic N) is 1. The number of H-pyrrole nitrogens is 1. The van der Waals surface area contributed by atoms with Gasteiger partial charge in [0.15, 0.2) is 0 Å². The largest absolute Gasteiger partial charge is 0.377 e. The molecule has 0 spiro atoms. The zero-order chi connectivity index (χ0) is 11.5. The van der Waals surface area contributed by atoms with E-state index in [1.165, 1.54) is 0 Å². The van der Waals surface area contributed by atoms with Gasteiger partial charge in [-0.2, -0.15) is 0 Å². The van der Waals surface area contributed by atoms with Gasteiger partial charge in [0.05, 0.1) is 34.2 Å². The lowest BCUT2D eigenvalue weighted by Gasteiger charge is -2.08. The lowest BCUT2D eigenvalue weighted by Crippen LogP contribution is -2.00. The van der Waals surface area contributed by atoms with Gasteiger partial charge < -0.3 is 10.3 Å². The highest BCUT2D eigenvalue weighted by molar-refractivity contribution is 6.39. The first-order chi connectivity index (χ1) is 7.66. The molecule has 1 heterocycles. The van der Waals surface area contributed by atoms with Gasteiger partial charge in [-0.25, -0.2) is 4.98 Å². The Kier molecular flexibility index (Phi) is 3.36. The van der Waals surface area contributed by atoms with Gasteiger partial charge in [0.25, 0.3) is 0 Å². The second-order valence-corrected chi connectivity index (χ2v) is 4.26. The topological polar surface area (TPSA) is 40.7 Å². The van der Waals surface area contributed by atoms with Crippen molar-refractivity contribution in [2.75, 3.05) is 5.32 Å². The summed E-state index contributed by atoms with van der Waals surface area (Å²) >= 11 is 12.1. The molecule has 2 N–H and O–H groups in total. The van der Waals surface area contributed by atoms with Crippen molar-refractivity contribution in [2.24, 2.45) is 0 Å². The fraction of sp³-hybridized carbons (Fsp3) is 0.182. The maximum atomic E-state index is 6.03. The molecule has 1 aromatic carbocycles. The molecule has 0 aliphatic carbocycles. The minimum absolute atomic E-state index is 0.615. The van der Waals surface area contributed by atoms with Gasteiger partial charge in [-0.3, -0.25) is 0 Å². The number of para-hydroxylation sites is 1. The highest BCUT2D eigenvalue weighted by atomic mass is 35.5. The smallest absolute Gasteiger partial charge is 0.103 e. The average Bonchev–Trinajstić information content (AvgIpc) is 2.63.